The summed E-state index contributed by atoms with van der Waals surface area (Å²) in [5.41, 5.74) is 5.86. The second kappa shape index (κ2) is 7.80. The fourth-order valence-corrected chi connectivity index (χ4v) is 4.36. The van der Waals surface area contributed by atoms with E-state index in [9.17, 15) is 8.42 Å². The van der Waals surface area contributed by atoms with Gasteiger partial charge in [0.2, 0.25) is 10.0 Å². The Bertz CT molecular complexity index is 629. The van der Waals surface area contributed by atoms with E-state index in [-0.39, 0.29) is 11.4 Å². The largest absolute Gasteiger partial charge is 0.320 e. The monoisotopic (exact) mass is 325 g/mol. The number of pyridine rings is 1. The summed E-state index contributed by atoms with van der Waals surface area (Å²) in [6.45, 7) is 0.719. The standard InChI is InChI=1S/C14H19N3O2S2/c15-5-1-2-13-8-14(11-16-9-13)21(18,19)17-10-12-3-6-20-7-4-12/h8-9,11-12,17H,3-7,10,15H2. The molecule has 21 heavy (non-hydrogen) atoms. The molecule has 1 fully saturated rings. The quantitative estimate of drug-likeness (QED) is 0.800. The van der Waals surface area contributed by atoms with Gasteiger partial charge in [-0.25, -0.2) is 13.1 Å². The summed E-state index contributed by atoms with van der Waals surface area (Å²) < 4.78 is 27.2. The lowest BCUT2D eigenvalue weighted by molar-refractivity contribution is 0.476. The van der Waals surface area contributed by atoms with E-state index in [2.05, 4.69) is 21.5 Å². The van der Waals surface area contributed by atoms with Crippen LogP contribution in [0.15, 0.2) is 23.4 Å². The van der Waals surface area contributed by atoms with E-state index in [4.69, 9.17) is 5.73 Å². The molecule has 2 rings (SSSR count). The third-order valence-corrected chi connectivity index (χ3v) is 5.70. The van der Waals surface area contributed by atoms with E-state index in [1.165, 1.54) is 18.5 Å². The summed E-state index contributed by atoms with van der Waals surface area (Å²) in [4.78, 5) is 4.08. The number of hydrogen-bond acceptors (Lipinski definition) is 5. The molecule has 1 aromatic heterocycles. The summed E-state index contributed by atoms with van der Waals surface area (Å²) in [6.07, 6.45) is 4.99. The van der Waals surface area contributed by atoms with Gasteiger partial charge in [0.05, 0.1) is 6.54 Å². The molecule has 7 heteroatoms. The number of sulfonamides is 1. The molecule has 0 spiro atoms. The Morgan fingerprint density at radius 2 is 2.14 bits per heavy atom. The van der Waals surface area contributed by atoms with E-state index < -0.39 is 10.0 Å². The van der Waals surface area contributed by atoms with Crippen molar-refractivity contribution in [3.63, 3.8) is 0 Å². The number of nitrogens with one attached hydrogen (secondary N) is 1. The van der Waals surface area contributed by atoms with Gasteiger partial charge in [0, 0.05) is 24.5 Å². The zero-order valence-electron chi connectivity index (χ0n) is 11.7. The van der Waals surface area contributed by atoms with Crippen molar-refractivity contribution in [1.82, 2.24) is 9.71 Å². The Morgan fingerprint density at radius 1 is 1.38 bits per heavy atom. The van der Waals surface area contributed by atoms with Crippen LogP contribution in [0.4, 0.5) is 0 Å². The Morgan fingerprint density at radius 3 is 2.86 bits per heavy atom. The summed E-state index contributed by atoms with van der Waals surface area (Å²) in [5, 5.41) is 0. The average molecular weight is 325 g/mol. The smallest absolute Gasteiger partial charge is 0.242 e. The maximum Gasteiger partial charge on any atom is 0.242 e. The summed E-state index contributed by atoms with van der Waals surface area (Å²) in [5.74, 6) is 8.12. The molecule has 0 atom stereocenters. The topological polar surface area (TPSA) is 85.1 Å². The van der Waals surface area contributed by atoms with Gasteiger partial charge in [-0.15, -0.1) is 0 Å². The predicted octanol–water partition coefficient (Wildman–Crippen LogP) is 0.813. The predicted molar refractivity (Wildman–Crippen MR) is 85.4 cm³/mol. The maximum absolute atomic E-state index is 12.3. The number of thioether (sulfide) groups is 1. The van der Waals surface area contributed by atoms with Crippen molar-refractivity contribution in [2.45, 2.75) is 17.7 Å². The first kappa shape index (κ1) is 16.3. The molecule has 114 valence electrons. The van der Waals surface area contributed by atoms with Crippen LogP contribution in [0.3, 0.4) is 0 Å². The first-order chi connectivity index (χ1) is 10.1. The summed E-state index contributed by atoms with van der Waals surface area (Å²) >= 11 is 1.93. The van der Waals surface area contributed by atoms with E-state index in [0.717, 1.165) is 24.3 Å². The van der Waals surface area contributed by atoms with Crippen LogP contribution in [-0.4, -0.2) is 38.0 Å². The highest BCUT2D eigenvalue weighted by atomic mass is 32.2. The van der Waals surface area contributed by atoms with Crippen LogP contribution < -0.4 is 10.5 Å². The number of nitrogens with two attached hydrogens (primary N) is 1. The first-order valence-electron chi connectivity index (χ1n) is 6.83. The van der Waals surface area contributed by atoms with Crippen molar-refractivity contribution in [1.29, 1.82) is 0 Å². The van der Waals surface area contributed by atoms with E-state index in [1.54, 1.807) is 0 Å². The van der Waals surface area contributed by atoms with Crippen LogP contribution in [0, 0.1) is 17.8 Å². The minimum absolute atomic E-state index is 0.150. The first-order valence-corrected chi connectivity index (χ1v) is 9.47. The molecule has 0 aliphatic carbocycles. The van der Waals surface area contributed by atoms with Crippen molar-refractivity contribution < 1.29 is 8.42 Å². The fourth-order valence-electron chi connectivity index (χ4n) is 2.05. The lowest BCUT2D eigenvalue weighted by Gasteiger charge is -2.21. The Kier molecular flexibility index (Phi) is 6.06. The SMILES string of the molecule is NCC#Cc1cncc(S(=O)(=O)NCC2CCSCC2)c1. The molecular formula is C14H19N3O2S2. The molecule has 0 aromatic carbocycles. The zero-order chi connectivity index (χ0) is 15.1. The van der Waals surface area contributed by atoms with Crippen LogP contribution >= 0.6 is 11.8 Å². The molecule has 2 heterocycles. The van der Waals surface area contributed by atoms with Gasteiger partial charge in [0.15, 0.2) is 0 Å². The minimum atomic E-state index is -3.53. The molecule has 1 aromatic rings. The molecule has 0 unspecified atom stereocenters. The normalized spacial score (nSPS) is 16.2. The van der Waals surface area contributed by atoms with Gasteiger partial charge in [-0.3, -0.25) is 4.98 Å². The highest BCUT2D eigenvalue weighted by Crippen LogP contribution is 2.22. The van der Waals surface area contributed by atoms with Crippen LogP contribution in [0.2, 0.25) is 0 Å². The number of rotatable bonds is 4. The van der Waals surface area contributed by atoms with Crippen molar-refractivity contribution in [3.05, 3.63) is 24.0 Å². The molecule has 3 N–H and O–H groups in total. The number of aromatic nitrogens is 1. The van der Waals surface area contributed by atoms with Crippen molar-refractivity contribution in [3.8, 4) is 11.8 Å². The van der Waals surface area contributed by atoms with Gasteiger partial charge < -0.3 is 5.73 Å². The van der Waals surface area contributed by atoms with Gasteiger partial charge in [0.25, 0.3) is 0 Å². The summed E-state index contributed by atoms with van der Waals surface area (Å²) in [7, 11) is -3.53. The van der Waals surface area contributed by atoms with Gasteiger partial charge in [-0.05, 0) is 36.3 Å². The van der Waals surface area contributed by atoms with Crippen LogP contribution in [0.1, 0.15) is 18.4 Å². The molecule has 0 saturated carbocycles. The molecule has 5 nitrogen and oxygen atoms in total. The minimum Gasteiger partial charge on any atom is -0.320 e. The highest BCUT2D eigenvalue weighted by Gasteiger charge is 2.19. The van der Waals surface area contributed by atoms with Gasteiger partial charge in [-0.1, -0.05) is 11.8 Å². The zero-order valence-corrected chi connectivity index (χ0v) is 13.3. The van der Waals surface area contributed by atoms with Crippen LogP contribution in [-0.2, 0) is 10.0 Å². The van der Waals surface area contributed by atoms with Gasteiger partial charge in [0.1, 0.15) is 4.90 Å². The molecule has 0 radical (unpaired) electrons. The van der Waals surface area contributed by atoms with Crippen molar-refractivity contribution >= 4 is 21.8 Å². The number of nitrogens with zero attached hydrogens (tertiary/aromatic N) is 1. The molecule has 1 aliphatic rings. The lowest BCUT2D eigenvalue weighted by Crippen LogP contribution is -2.31. The van der Waals surface area contributed by atoms with Crippen LogP contribution in [0.25, 0.3) is 0 Å². The highest BCUT2D eigenvalue weighted by molar-refractivity contribution is 7.99. The van der Waals surface area contributed by atoms with Crippen LogP contribution in [0.5, 0.6) is 0 Å². The second-order valence-corrected chi connectivity index (χ2v) is 7.81. The Labute approximate surface area is 130 Å². The van der Waals surface area contributed by atoms with E-state index in [1.807, 2.05) is 11.8 Å². The third-order valence-electron chi connectivity index (χ3n) is 3.26. The van der Waals surface area contributed by atoms with E-state index >= 15 is 0 Å². The van der Waals surface area contributed by atoms with E-state index in [0.29, 0.717) is 18.0 Å². The lowest BCUT2D eigenvalue weighted by atomic mass is 10.0. The van der Waals surface area contributed by atoms with Crippen molar-refractivity contribution in [2.24, 2.45) is 11.7 Å². The molecule has 1 aliphatic heterocycles. The van der Waals surface area contributed by atoms with Gasteiger partial charge in [-0.2, -0.15) is 11.8 Å². The fraction of sp³-hybridized carbons (Fsp3) is 0.500. The van der Waals surface area contributed by atoms with Crippen molar-refractivity contribution in [2.75, 3.05) is 24.6 Å². The molecule has 1 saturated heterocycles. The molecule has 0 amide bonds. The summed E-state index contributed by atoms with van der Waals surface area (Å²) in [6, 6.07) is 1.52. The number of hydrogen-bond donors (Lipinski definition) is 2. The molecule has 0 bridgehead atoms. The Balaban J connectivity index is 2.04. The third kappa shape index (κ3) is 5.00. The average Bonchev–Trinajstić information content (AvgIpc) is 2.52. The maximum atomic E-state index is 12.3. The van der Waals surface area contributed by atoms with Gasteiger partial charge >= 0.3 is 0 Å². The Hall–Kier alpha value is -1.07. The molecular weight excluding hydrogens is 306 g/mol. The second-order valence-electron chi connectivity index (χ2n) is 4.82.